The summed E-state index contributed by atoms with van der Waals surface area (Å²) in [6.45, 7) is 0. The first-order valence-corrected chi connectivity index (χ1v) is 6.09. The SMILES string of the molecule is O=S(=O)([O-])c1ccc(-c2ccccc2)cc1.[Br-].[Mg+2]. The van der Waals surface area contributed by atoms with Gasteiger partial charge in [-0.05, 0) is 23.3 Å². The minimum Gasteiger partial charge on any atom is -1.00 e. The van der Waals surface area contributed by atoms with Crippen molar-refractivity contribution in [1.29, 1.82) is 0 Å². The van der Waals surface area contributed by atoms with Gasteiger partial charge in [0.05, 0.1) is 4.90 Å². The largest absolute Gasteiger partial charge is 2.00 e. The van der Waals surface area contributed by atoms with Crippen molar-refractivity contribution >= 4 is 33.2 Å². The van der Waals surface area contributed by atoms with Crippen LogP contribution in [-0.2, 0) is 10.1 Å². The number of rotatable bonds is 2. The summed E-state index contributed by atoms with van der Waals surface area (Å²) in [4.78, 5) is -0.202. The van der Waals surface area contributed by atoms with Gasteiger partial charge in [-0.1, -0.05) is 42.5 Å². The zero-order chi connectivity index (χ0) is 11.6. The van der Waals surface area contributed by atoms with E-state index in [1.165, 1.54) is 12.1 Å². The molecular formula is C12H9BrMgO3S. The summed E-state index contributed by atoms with van der Waals surface area (Å²) in [6, 6.07) is 15.4. The van der Waals surface area contributed by atoms with Crippen LogP contribution in [0.25, 0.3) is 11.1 Å². The van der Waals surface area contributed by atoms with Gasteiger partial charge >= 0.3 is 23.1 Å². The van der Waals surface area contributed by atoms with Crippen LogP contribution in [0.3, 0.4) is 0 Å². The van der Waals surface area contributed by atoms with E-state index in [0.717, 1.165) is 11.1 Å². The van der Waals surface area contributed by atoms with E-state index in [-0.39, 0.29) is 44.9 Å². The summed E-state index contributed by atoms with van der Waals surface area (Å²) >= 11 is 0. The molecule has 18 heavy (non-hydrogen) atoms. The zero-order valence-corrected chi connectivity index (χ0v) is 13.2. The second-order valence-corrected chi connectivity index (χ2v) is 4.72. The molecule has 0 saturated heterocycles. The minimum atomic E-state index is -4.35. The molecule has 90 valence electrons. The number of benzene rings is 2. The van der Waals surface area contributed by atoms with Gasteiger partial charge in [0, 0.05) is 0 Å². The Morgan fingerprint density at radius 1 is 0.778 bits per heavy atom. The molecule has 0 radical (unpaired) electrons. The molecule has 2 aromatic rings. The van der Waals surface area contributed by atoms with Crippen LogP contribution in [-0.4, -0.2) is 36.0 Å². The van der Waals surface area contributed by atoms with Gasteiger partial charge in [0.25, 0.3) is 0 Å². The van der Waals surface area contributed by atoms with E-state index in [9.17, 15) is 13.0 Å². The monoisotopic (exact) mass is 336 g/mol. The van der Waals surface area contributed by atoms with Crippen LogP contribution in [0, 0.1) is 0 Å². The molecule has 0 bridgehead atoms. The van der Waals surface area contributed by atoms with E-state index in [4.69, 9.17) is 0 Å². The Morgan fingerprint density at radius 3 is 1.67 bits per heavy atom. The third kappa shape index (κ3) is 4.36. The summed E-state index contributed by atoms with van der Waals surface area (Å²) < 4.78 is 32.2. The molecular weight excluding hydrogens is 328 g/mol. The van der Waals surface area contributed by atoms with Gasteiger partial charge < -0.3 is 21.5 Å². The molecule has 3 nitrogen and oxygen atoms in total. The Labute approximate surface area is 133 Å². The Bertz CT molecular complexity index is 582. The summed E-state index contributed by atoms with van der Waals surface area (Å²) in [5.41, 5.74) is 1.87. The smallest absolute Gasteiger partial charge is 1.00 e. The van der Waals surface area contributed by atoms with E-state index in [1.807, 2.05) is 30.3 Å². The topological polar surface area (TPSA) is 57.2 Å². The van der Waals surface area contributed by atoms with Crippen LogP contribution in [0.1, 0.15) is 0 Å². The third-order valence-corrected chi connectivity index (χ3v) is 3.10. The molecule has 0 aromatic heterocycles. The van der Waals surface area contributed by atoms with Crippen molar-refractivity contribution in [2.24, 2.45) is 0 Å². The van der Waals surface area contributed by atoms with Crippen LogP contribution >= 0.6 is 0 Å². The van der Waals surface area contributed by atoms with Crippen molar-refractivity contribution in [2.45, 2.75) is 4.90 Å². The van der Waals surface area contributed by atoms with Crippen LogP contribution in [0.2, 0.25) is 0 Å². The van der Waals surface area contributed by atoms with Gasteiger partial charge in [-0.15, -0.1) is 0 Å². The Balaban J connectivity index is 0.00000144. The van der Waals surface area contributed by atoms with E-state index in [0.29, 0.717) is 0 Å². The molecule has 0 heterocycles. The predicted molar refractivity (Wildman–Crippen MR) is 65.6 cm³/mol. The first-order chi connectivity index (χ1) is 7.57. The van der Waals surface area contributed by atoms with E-state index < -0.39 is 10.1 Å². The molecule has 6 heteroatoms. The molecule has 0 amide bonds. The van der Waals surface area contributed by atoms with Crippen LogP contribution in [0.4, 0.5) is 0 Å². The number of halogens is 1. The van der Waals surface area contributed by atoms with Gasteiger partial charge in [0.1, 0.15) is 10.1 Å². The standard InChI is InChI=1S/C12H10O3S.BrH.Mg/c13-16(14,15)12-8-6-11(7-9-12)10-4-2-1-3-5-10;;/h1-9H,(H,13,14,15);1H;/q;;+2/p-2. The molecule has 0 unspecified atom stereocenters. The van der Waals surface area contributed by atoms with Gasteiger partial charge in [0.15, 0.2) is 0 Å². The maximum atomic E-state index is 10.7. The summed E-state index contributed by atoms with van der Waals surface area (Å²) in [6.07, 6.45) is 0. The molecule has 0 fully saturated rings. The first kappa shape index (κ1) is 17.6. The van der Waals surface area contributed by atoms with Gasteiger partial charge in [0.2, 0.25) is 0 Å². The second kappa shape index (κ2) is 7.25. The molecule has 2 rings (SSSR count). The minimum absolute atomic E-state index is 0. The van der Waals surface area contributed by atoms with Gasteiger partial charge in [-0.25, -0.2) is 8.42 Å². The molecule has 0 N–H and O–H groups in total. The third-order valence-electron chi connectivity index (χ3n) is 2.25. The zero-order valence-electron chi connectivity index (χ0n) is 9.41. The molecule has 2 aromatic carbocycles. The summed E-state index contributed by atoms with van der Waals surface area (Å²) in [5.74, 6) is 0. The van der Waals surface area contributed by atoms with Crippen molar-refractivity contribution < 1.29 is 30.0 Å². The maximum absolute atomic E-state index is 10.7. The summed E-state index contributed by atoms with van der Waals surface area (Å²) in [5, 5.41) is 0. The normalized spacial score (nSPS) is 10.1. The van der Waals surface area contributed by atoms with Crippen molar-refractivity contribution in [3.8, 4) is 11.1 Å². The fourth-order valence-electron chi connectivity index (χ4n) is 1.44. The van der Waals surface area contributed by atoms with Crippen molar-refractivity contribution in [3.05, 3.63) is 54.6 Å². The average molecular weight is 337 g/mol. The molecule has 0 saturated carbocycles. The van der Waals surface area contributed by atoms with Gasteiger partial charge in [-0.3, -0.25) is 0 Å². The summed E-state index contributed by atoms with van der Waals surface area (Å²) in [7, 11) is -4.35. The molecule has 0 aliphatic carbocycles. The molecule has 0 aliphatic heterocycles. The Morgan fingerprint density at radius 2 is 1.22 bits per heavy atom. The second-order valence-electron chi connectivity index (χ2n) is 3.34. The average Bonchev–Trinajstić information content (AvgIpc) is 2.29. The number of hydrogen-bond acceptors (Lipinski definition) is 3. The Hall–Kier alpha value is -0.404. The number of hydrogen-bond donors (Lipinski definition) is 0. The molecule has 0 aliphatic rings. The van der Waals surface area contributed by atoms with Crippen LogP contribution in [0.5, 0.6) is 0 Å². The van der Waals surface area contributed by atoms with Crippen LogP contribution in [0.15, 0.2) is 59.5 Å². The van der Waals surface area contributed by atoms with E-state index >= 15 is 0 Å². The fourth-order valence-corrected chi connectivity index (χ4v) is 1.91. The van der Waals surface area contributed by atoms with Gasteiger partial charge in [-0.2, -0.15) is 0 Å². The predicted octanol–water partition coefficient (Wildman–Crippen LogP) is -1.12. The molecule has 0 atom stereocenters. The quantitative estimate of drug-likeness (QED) is 0.515. The van der Waals surface area contributed by atoms with Crippen molar-refractivity contribution in [3.63, 3.8) is 0 Å². The molecule has 0 spiro atoms. The maximum Gasteiger partial charge on any atom is 2.00 e. The van der Waals surface area contributed by atoms with Crippen molar-refractivity contribution in [2.75, 3.05) is 0 Å². The van der Waals surface area contributed by atoms with E-state index in [1.54, 1.807) is 12.1 Å². The van der Waals surface area contributed by atoms with E-state index in [2.05, 4.69) is 0 Å². The van der Waals surface area contributed by atoms with Crippen molar-refractivity contribution in [1.82, 2.24) is 0 Å². The Kier molecular flexibility index (Phi) is 7.09. The van der Waals surface area contributed by atoms with Crippen LogP contribution < -0.4 is 17.0 Å². The fraction of sp³-hybridized carbons (Fsp3) is 0. The first-order valence-electron chi connectivity index (χ1n) is 4.69.